The van der Waals surface area contributed by atoms with Crippen LogP contribution in [-0.2, 0) is 7.05 Å². The first kappa shape index (κ1) is 13.0. The van der Waals surface area contributed by atoms with E-state index in [9.17, 15) is 9.90 Å². The van der Waals surface area contributed by atoms with Crippen molar-refractivity contribution in [1.29, 1.82) is 0 Å². The molecule has 0 unspecified atom stereocenters. The van der Waals surface area contributed by atoms with Gasteiger partial charge in [0.2, 0.25) is 0 Å². The highest BCUT2D eigenvalue weighted by atomic mass is 16.4. The Bertz CT molecular complexity index is 840. The Hall–Kier alpha value is -2.96. The average Bonchev–Trinajstić information content (AvgIpc) is 2.77. The molecule has 1 aromatic carbocycles. The number of benzene rings is 1. The van der Waals surface area contributed by atoms with Crippen LogP contribution in [0.15, 0.2) is 30.5 Å². The van der Waals surface area contributed by atoms with Gasteiger partial charge in [0.05, 0.1) is 22.6 Å². The minimum absolute atomic E-state index is 0.114. The molecular weight excluding hydrogens is 270 g/mol. The van der Waals surface area contributed by atoms with E-state index in [4.69, 9.17) is 0 Å². The second kappa shape index (κ2) is 4.86. The number of aromatic carboxylic acids is 1. The number of fused-ring (bicyclic) bond motifs is 1. The third-order valence-corrected chi connectivity index (χ3v) is 3.14. The van der Waals surface area contributed by atoms with Gasteiger partial charge in [-0.25, -0.2) is 4.79 Å². The fourth-order valence-corrected chi connectivity index (χ4v) is 2.19. The molecule has 7 nitrogen and oxygen atoms in total. The van der Waals surface area contributed by atoms with Gasteiger partial charge in [0.15, 0.2) is 5.69 Å². The van der Waals surface area contributed by atoms with E-state index in [1.807, 2.05) is 25.1 Å². The fraction of sp³-hybridized carbons (Fsp3) is 0.143. The molecule has 3 rings (SSSR count). The zero-order chi connectivity index (χ0) is 15.0. The van der Waals surface area contributed by atoms with Crippen molar-refractivity contribution in [1.82, 2.24) is 20.0 Å². The lowest BCUT2D eigenvalue weighted by Crippen LogP contribution is -2.08. The first-order valence-electron chi connectivity index (χ1n) is 6.32. The monoisotopic (exact) mass is 283 g/mol. The highest BCUT2D eigenvalue weighted by molar-refractivity contribution is 6.03. The summed E-state index contributed by atoms with van der Waals surface area (Å²) in [6.45, 7) is 1.85. The van der Waals surface area contributed by atoms with Gasteiger partial charge in [0.1, 0.15) is 0 Å². The van der Waals surface area contributed by atoms with Crippen molar-refractivity contribution in [2.24, 2.45) is 7.05 Å². The van der Waals surface area contributed by atoms with Crippen LogP contribution in [0.2, 0.25) is 0 Å². The summed E-state index contributed by atoms with van der Waals surface area (Å²) in [5, 5.41) is 25.1. The molecule has 106 valence electrons. The van der Waals surface area contributed by atoms with Crippen LogP contribution in [-0.4, -0.2) is 31.1 Å². The summed E-state index contributed by atoms with van der Waals surface area (Å²) in [4.78, 5) is 11.4. The third kappa shape index (κ3) is 2.29. The maximum atomic E-state index is 11.4. The number of carboxylic acids is 1. The Balaban J connectivity index is 2.21. The summed E-state index contributed by atoms with van der Waals surface area (Å²) in [6, 6.07) is 7.26. The second-order valence-corrected chi connectivity index (χ2v) is 4.67. The maximum absolute atomic E-state index is 11.4. The Morgan fingerprint density at radius 2 is 2.05 bits per heavy atom. The number of aromatic nitrogens is 4. The molecule has 0 aliphatic heterocycles. The van der Waals surface area contributed by atoms with Crippen LogP contribution in [0.4, 0.5) is 11.4 Å². The lowest BCUT2D eigenvalue weighted by Gasteiger charge is -2.10. The van der Waals surface area contributed by atoms with Crippen LogP contribution >= 0.6 is 0 Å². The minimum atomic E-state index is -1.13. The summed E-state index contributed by atoms with van der Waals surface area (Å²) >= 11 is 0. The van der Waals surface area contributed by atoms with Gasteiger partial charge in [0, 0.05) is 18.6 Å². The average molecular weight is 283 g/mol. The summed E-state index contributed by atoms with van der Waals surface area (Å²) in [5.74, 6) is -1.13. The zero-order valence-corrected chi connectivity index (χ0v) is 11.5. The number of aryl methyl sites for hydroxylation is 2. The summed E-state index contributed by atoms with van der Waals surface area (Å²) < 4.78 is 1.66. The van der Waals surface area contributed by atoms with Gasteiger partial charge < -0.3 is 10.4 Å². The predicted molar refractivity (Wildman–Crippen MR) is 77.7 cm³/mol. The third-order valence-electron chi connectivity index (χ3n) is 3.14. The first-order valence-corrected chi connectivity index (χ1v) is 6.32. The van der Waals surface area contributed by atoms with Crippen molar-refractivity contribution in [2.75, 3.05) is 5.32 Å². The molecule has 3 aromatic rings. The SMILES string of the molecule is Cc1nn(C)cc1Nc1c(C(=O)O)nnc2ccccc12. The van der Waals surface area contributed by atoms with Gasteiger partial charge in [-0.05, 0) is 13.0 Å². The number of nitrogens with one attached hydrogen (secondary N) is 1. The van der Waals surface area contributed by atoms with E-state index in [1.54, 1.807) is 24.0 Å². The fourth-order valence-electron chi connectivity index (χ4n) is 2.19. The number of carboxylic acid groups (broad SMARTS) is 1. The Morgan fingerprint density at radius 1 is 1.29 bits per heavy atom. The maximum Gasteiger partial charge on any atom is 0.358 e. The van der Waals surface area contributed by atoms with Crippen LogP contribution < -0.4 is 5.32 Å². The Morgan fingerprint density at radius 3 is 2.71 bits per heavy atom. The summed E-state index contributed by atoms with van der Waals surface area (Å²) in [7, 11) is 1.80. The molecule has 2 heterocycles. The molecule has 2 aromatic heterocycles. The van der Waals surface area contributed by atoms with E-state index in [0.717, 1.165) is 11.4 Å². The predicted octanol–water partition coefficient (Wildman–Crippen LogP) is 2.11. The van der Waals surface area contributed by atoms with Gasteiger partial charge in [-0.2, -0.15) is 5.10 Å². The smallest absolute Gasteiger partial charge is 0.358 e. The molecule has 0 spiro atoms. The van der Waals surface area contributed by atoms with Crippen molar-refractivity contribution in [3.8, 4) is 0 Å². The van der Waals surface area contributed by atoms with E-state index < -0.39 is 5.97 Å². The van der Waals surface area contributed by atoms with Crippen molar-refractivity contribution in [3.05, 3.63) is 41.9 Å². The van der Waals surface area contributed by atoms with Gasteiger partial charge in [-0.1, -0.05) is 18.2 Å². The Kier molecular flexibility index (Phi) is 3.02. The van der Waals surface area contributed by atoms with E-state index in [-0.39, 0.29) is 5.69 Å². The molecule has 0 saturated heterocycles. The quantitative estimate of drug-likeness (QED) is 0.764. The first-order chi connectivity index (χ1) is 10.1. The second-order valence-electron chi connectivity index (χ2n) is 4.67. The van der Waals surface area contributed by atoms with E-state index in [2.05, 4.69) is 20.6 Å². The van der Waals surface area contributed by atoms with Crippen LogP contribution in [0.1, 0.15) is 16.2 Å². The van der Waals surface area contributed by atoms with Crippen molar-refractivity contribution in [3.63, 3.8) is 0 Å². The molecule has 0 aliphatic rings. The number of carbonyl (C=O) groups is 1. The van der Waals surface area contributed by atoms with Crippen molar-refractivity contribution in [2.45, 2.75) is 6.92 Å². The van der Waals surface area contributed by atoms with E-state index in [1.165, 1.54) is 0 Å². The standard InChI is InChI=1S/C14H13N5O2/c1-8-11(7-19(2)18-8)15-12-9-5-3-4-6-10(9)16-17-13(12)14(20)21/h3-7H,1-2H3,(H,15,16)(H,20,21). The van der Waals surface area contributed by atoms with Crippen molar-refractivity contribution < 1.29 is 9.90 Å². The van der Waals surface area contributed by atoms with Crippen molar-refractivity contribution >= 4 is 28.2 Å². The Labute approximate surface area is 120 Å². The van der Waals surface area contributed by atoms with Gasteiger partial charge in [0.25, 0.3) is 0 Å². The molecule has 0 atom stereocenters. The minimum Gasteiger partial charge on any atom is -0.476 e. The summed E-state index contributed by atoms with van der Waals surface area (Å²) in [6.07, 6.45) is 1.79. The largest absolute Gasteiger partial charge is 0.476 e. The van der Waals surface area contributed by atoms with Gasteiger partial charge in [-0.3, -0.25) is 4.68 Å². The molecule has 21 heavy (non-hydrogen) atoms. The van der Waals surface area contributed by atoms with Crippen LogP contribution in [0.3, 0.4) is 0 Å². The zero-order valence-electron chi connectivity index (χ0n) is 11.5. The number of hydrogen-bond acceptors (Lipinski definition) is 5. The van der Waals surface area contributed by atoms with Crippen LogP contribution in [0.5, 0.6) is 0 Å². The molecular formula is C14H13N5O2. The molecule has 0 radical (unpaired) electrons. The molecule has 2 N–H and O–H groups in total. The van der Waals surface area contributed by atoms with Crippen LogP contribution in [0, 0.1) is 6.92 Å². The lowest BCUT2D eigenvalue weighted by molar-refractivity contribution is 0.0690. The number of nitrogens with zero attached hydrogens (tertiary/aromatic N) is 4. The molecule has 0 fully saturated rings. The molecule has 0 aliphatic carbocycles. The normalized spacial score (nSPS) is 10.8. The highest BCUT2D eigenvalue weighted by Gasteiger charge is 2.18. The number of hydrogen-bond donors (Lipinski definition) is 2. The van der Waals surface area contributed by atoms with Gasteiger partial charge in [-0.15, -0.1) is 10.2 Å². The number of rotatable bonds is 3. The lowest BCUT2D eigenvalue weighted by atomic mass is 10.1. The summed E-state index contributed by atoms with van der Waals surface area (Å²) in [5.41, 5.74) is 2.44. The molecule has 0 amide bonds. The number of anilines is 2. The molecule has 0 bridgehead atoms. The van der Waals surface area contributed by atoms with Gasteiger partial charge >= 0.3 is 5.97 Å². The van der Waals surface area contributed by atoms with E-state index in [0.29, 0.717) is 16.6 Å². The van der Waals surface area contributed by atoms with E-state index >= 15 is 0 Å². The van der Waals surface area contributed by atoms with Crippen LogP contribution in [0.25, 0.3) is 10.9 Å². The highest BCUT2D eigenvalue weighted by Crippen LogP contribution is 2.28. The topological polar surface area (TPSA) is 92.9 Å². The molecule has 0 saturated carbocycles. The molecule has 7 heteroatoms.